The molecule has 0 fully saturated rings. The van der Waals surface area contributed by atoms with Crippen LogP contribution in [0.2, 0.25) is 0 Å². The summed E-state index contributed by atoms with van der Waals surface area (Å²) in [6.45, 7) is 4.39. The van der Waals surface area contributed by atoms with Crippen LogP contribution in [0.5, 0.6) is 0 Å². The first kappa shape index (κ1) is 15.6. The van der Waals surface area contributed by atoms with Crippen molar-refractivity contribution in [3.05, 3.63) is 29.6 Å². The van der Waals surface area contributed by atoms with Crippen LogP contribution in [0.3, 0.4) is 0 Å². The van der Waals surface area contributed by atoms with Crippen LogP contribution in [0, 0.1) is 0 Å². The van der Waals surface area contributed by atoms with Gasteiger partial charge in [0.2, 0.25) is 5.91 Å². The largest absolute Gasteiger partial charge is 0.477 e. The third-order valence-electron chi connectivity index (χ3n) is 2.61. The maximum atomic E-state index is 12.2. The minimum Gasteiger partial charge on any atom is -0.477 e. The summed E-state index contributed by atoms with van der Waals surface area (Å²) < 4.78 is 0. The molecule has 7 nitrogen and oxygen atoms in total. The Morgan fingerprint density at radius 1 is 1.30 bits per heavy atom. The van der Waals surface area contributed by atoms with Crippen molar-refractivity contribution >= 4 is 17.8 Å². The molecule has 0 spiro atoms. The summed E-state index contributed by atoms with van der Waals surface area (Å²) in [5.74, 6) is -1.75. The zero-order valence-corrected chi connectivity index (χ0v) is 11.4. The standard InChI is InChI=1S/C13H17N3O4/c1-3-14-11(17)8-16(4-2)12(18)9-5-6-10(13(19)20)15-7-9/h5-7H,3-4,8H2,1-2H3,(H,14,17)(H,19,20). The van der Waals surface area contributed by atoms with Gasteiger partial charge < -0.3 is 15.3 Å². The number of carbonyl (C=O) groups excluding carboxylic acids is 2. The van der Waals surface area contributed by atoms with Crippen LogP contribution in [0.1, 0.15) is 34.7 Å². The quantitative estimate of drug-likeness (QED) is 0.784. The first-order valence-electron chi connectivity index (χ1n) is 6.24. The van der Waals surface area contributed by atoms with E-state index < -0.39 is 5.97 Å². The SMILES string of the molecule is CCNC(=O)CN(CC)C(=O)c1ccc(C(=O)O)nc1. The average Bonchev–Trinajstić information content (AvgIpc) is 2.44. The molecule has 0 aliphatic carbocycles. The summed E-state index contributed by atoms with van der Waals surface area (Å²) >= 11 is 0. The number of carboxylic acids is 1. The molecule has 1 heterocycles. The van der Waals surface area contributed by atoms with Crippen molar-refractivity contribution < 1.29 is 19.5 Å². The Morgan fingerprint density at radius 2 is 2.00 bits per heavy atom. The Morgan fingerprint density at radius 3 is 2.45 bits per heavy atom. The van der Waals surface area contributed by atoms with Crippen molar-refractivity contribution in [3.63, 3.8) is 0 Å². The van der Waals surface area contributed by atoms with Crippen LogP contribution in [-0.4, -0.2) is 52.4 Å². The average molecular weight is 279 g/mol. The van der Waals surface area contributed by atoms with Crippen molar-refractivity contribution in [2.24, 2.45) is 0 Å². The molecule has 0 saturated heterocycles. The van der Waals surface area contributed by atoms with Gasteiger partial charge in [-0.3, -0.25) is 9.59 Å². The van der Waals surface area contributed by atoms with E-state index in [1.165, 1.54) is 23.2 Å². The molecule has 0 unspecified atom stereocenters. The van der Waals surface area contributed by atoms with E-state index in [1.807, 2.05) is 0 Å². The van der Waals surface area contributed by atoms with Gasteiger partial charge >= 0.3 is 5.97 Å². The highest BCUT2D eigenvalue weighted by atomic mass is 16.4. The third kappa shape index (κ3) is 4.04. The molecule has 0 aromatic carbocycles. The highest BCUT2D eigenvalue weighted by Gasteiger charge is 2.17. The van der Waals surface area contributed by atoms with Crippen LogP contribution in [0.15, 0.2) is 18.3 Å². The summed E-state index contributed by atoms with van der Waals surface area (Å²) in [5.41, 5.74) is 0.120. The molecular weight excluding hydrogens is 262 g/mol. The number of nitrogens with zero attached hydrogens (tertiary/aromatic N) is 2. The lowest BCUT2D eigenvalue weighted by molar-refractivity contribution is -0.121. The fourth-order valence-electron chi connectivity index (χ4n) is 1.58. The molecular formula is C13H17N3O4. The summed E-state index contributed by atoms with van der Waals surface area (Å²) in [7, 11) is 0. The maximum Gasteiger partial charge on any atom is 0.354 e. The number of carbonyl (C=O) groups is 3. The minimum absolute atomic E-state index is 0.0378. The molecule has 0 aliphatic heterocycles. The van der Waals surface area contributed by atoms with E-state index in [-0.39, 0.29) is 29.6 Å². The first-order valence-corrected chi connectivity index (χ1v) is 6.24. The second kappa shape index (κ2) is 7.22. The summed E-state index contributed by atoms with van der Waals surface area (Å²) in [6, 6.07) is 2.65. The van der Waals surface area contributed by atoms with Crippen LogP contribution >= 0.6 is 0 Å². The molecule has 108 valence electrons. The molecule has 1 aromatic heterocycles. The van der Waals surface area contributed by atoms with Crippen LogP contribution < -0.4 is 5.32 Å². The van der Waals surface area contributed by atoms with Gasteiger partial charge in [-0.05, 0) is 26.0 Å². The number of pyridine rings is 1. The van der Waals surface area contributed by atoms with E-state index in [9.17, 15) is 14.4 Å². The topological polar surface area (TPSA) is 99.6 Å². The van der Waals surface area contributed by atoms with E-state index in [0.29, 0.717) is 13.1 Å². The van der Waals surface area contributed by atoms with Gasteiger partial charge in [0.05, 0.1) is 12.1 Å². The lowest BCUT2D eigenvalue weighted by Gasteiger charge is -2.20. The van der Waals surface area contributed by atoms with Crippen LogP contribution in [0.4, 0.5) is 0 Å². The Balaban J connectivity index is 2.80. The number of hydrogen-bond donors (Lipinski definition) is 2. The number of carboxylic acid groups (broad SMARTS) is 1. The molecule has 1 rings (SSSR count). The van der Waals surface area contributed by atoms with Gasteiger partial charge in [-0.2, -0.15) is 0 Å². The normalized spacial score (nSPS) is 9.90. The van der Waals surface area contributed by atoms with Gasteiger partial charge in [-0.25, -0.2) is 9.78 Å². The fraction of sp³-hybridized carbons (Fsp3) is 0.385. The summed E-state index contributed by atoms with van der Waals surface area (Å²) in [6.07, 6.45) is 1.20. The molecule has 20 heavy (non-hydrogen) atoms. The van der Waals surface area contributed by atoms with Crippen molar-refractivity contribution in [3.8, 4) is 0 Å². The predicted octanol–water partition coefficient (Wildman–Crippen LogP) is 0.378. The van der Waals surface area contributed by atoms with Crippen LogP contribution in [-0.2, 0) is 4.79 Å². The van der Waals surface area contributed by atoms with E-state index in [0.717, 1.165) is 0 Å². The zero-order valence-electron chi connectivity index (χ0n) is 11.4. The Labute approximate surface area is 116 Å². The lowest BCUT2D eigenvalue weighted by atomic mass is 10.2. The van der Waals surface area contributed by atoms with Gasteiger partial charge in [0.15, 0.2) is 0 Å². The molecule has 0 aliphatic rings. The number of aromatic nitrogens is 1. The Kier molecular flexibility index (Phi) is 5.64. The Hall–Kier alpha value is -2.44. The van der Waals surface area contributed by atoms with Crippen molar-refractivity contribution in [2.45, 2.75) is 13.8 Å². The van der Waals surface area contributed by atoms with Crippen molar-refractivity contribution in [1.29, 1.82) is 0 Å². The number of aromatic carboxylic acids is 1. The summed E-state index contributed by atoms with van der Waals surface area (Å²) in [4.78, 5) is 39.4. The monoisotopic (exact) mass is 279 g/mol. The molecule has 0 radical (unpaired) electrons. The number of likely N-dealkylation sites (N-methyl/N-ethyl adjacent to an activating group) is 2. The minimum atomic E-state index is -1.15. The van der Waals surface area contributed by atoms with Gasteiger partial charge in [0.1, 0.15) is 5.69 Å². The van der Waals surface area contributed by atoms with Gasteiger partial charge in [0.25, 0.3) is 5.91 Å². The van der Waals surface area contributed by atoms with E-state index >= 15 is 0 Å². The van der Waals surface area contributed by atoms with Crippen molar-refractivity contribution in [1.82, 2.24) is 15.2 Å². The highest BCUT2D eigenvalue weighted by molar-refractivity contribution is 5.96. The van der Waals surface area contributed by atoms with Gasteiger partial charge in [-0.1, -0.05) is 0 Å². The predicted molar refractivity (Wildman–Crippen MR) is 71.5 cm³/mol. The Bertz CT molecular complexity index is 499. The molecule has 0 bridgehead atoms. The molecule has 2 amide bonds. The maximum absolute atomic E-state index is 12.2. The lowest BCUT2D eigenvalue weighted by Crippen LogP contribution is -2.40. The fourth-order valence-corrected chi connectivity index (χ4v) is 1.58. The smallest absolute Gasteiger partial charge is 0.354 e. The number of amides is 2. The first-order chi connectivity index (χ1) is 9.49. The van der Waals surface area contributed by atoms with E-state index in [1.54, 1.807) is 13.8 Å². The molecule has 0 saturated carbocycles. The number of rotatable bonds is 6. The number of hydrogen-bond acceptors (Lipinski definition) is 4. The second-order valence-corrected chi connectivity index (χ2v) is 4.01. The van der Waals surface area contributed by atoms with E-state index in [2.05, 4.69) is 10.3 Å². The number of nitrogens with one attached hydrogen (secondary N) is 1. The highest BCUT2D eigenvalue weighted by Crippen LogP contribution is 2.05. The van der Waals surface area contributed by atoms with Crippen molar-refractivity contribution in [2.75, 3.05) is 19.6 Å². The molecule has 0 atom stereocenters. The second-order valence-electron chi connectivity index (χ2n) is 4.01. The molecule has 1 aromatic rings. The third-order valence-corrected chi connectivity index (χ3v) is 2.61. The molecule has 2 N–H and O–H groups in total. The molecule has 7 heteroatoms. The van der Waals surface area contributed by atoms with Crippen LogP contribution in [0.25, 0.3) is 0 Å². The van der Waals surface area contributed by atoms with E-state index in [4.69, 9.17) is 5.11 Å². The van der Waals surface area contributed by atoms with Gasteiger partial charge in [-0.15, -0.1) is 0 Å². The summed E-state index contributed by atoms with van der Waals surface area (Å²) in [5, 5.41) is 11.4. The zero-order chi connectivity index (χ0) is 15.1. The van der Waals surface area contributed by atoms with Gasteiger partial charge in [0, 0.05) is 19.3 Å².